The zero-order valence-corrected chi connectivity index (χ0v) is 15.1. The summed E-state index contributed by atoms with van der Waals surface area (Å²) in [5.41, 5.74) is 0.789. The Morgan fingerprint density at radius 2 is 1.96 bits per heavy atom. The van der Waals surface area contributed by atoms with Crippen molar-refractivity contribution in [3.05, 3.63) is 0 Å². The zero-order chi connectivity index (χ0) is 16.4. The number of carbonyl (C=O) groups excluding carboxylic acids is 1. The fourth-order valence-electron chi connectivity index (χ4n) is 7.45. The fraction of sp³-hybridized carbons (Fsp3) is 0.950. The van der Waals surface area contributed by atoms with Crippen LogP contribution in [0.25, 0.3) is 0 Å². The minimum absolute atomic E-state index is 0.267. The van der Waals surface area contributed by atoms with Crippen molar-refractivity contribution in [2.75, 3.05) is 13.7 Å². The monoisotopic (exact) mass is 319 g/mol. The van der Waals surface area contributed by atoms with Crippen molar-refractivity contribution in [1.29, 1.82) is 0 Å². The molecule has 3 heteroatoms. The van der Waals surface area contributed by atoms with Crippen molar-refractivity contribution in [1.82, 2.24) is 4.90 Å². The smallest absolute Gasteiger partial charge is 0.222 e. The first-order valence-corrected chi connectivity index (χ1v) is 9.77. The summed E-state index contributed by atoms with van der Waals surface area (Å²) >= 11 is 0. The first kappa shape index (κ1) is 15.9. The lowest BCUT2D eigenvalue weighted by Gasteiger charge is -2.63. The summed E-state index contributed by atoms with van der Waals surface area (Å²) in [6.07, 6.45) is 9.59. The van der Waals surface area contributed by atoms with Gasteiger partial charge in [0.15, 0.2) is 0 Å². The molecule has 0 radical (unpaired) electrons. The molecule has 3 saturated carbocycles. The van der Waals surface area contributed by atoms with Crippen molar-refractivity contribution < 1.29 is 9.90 Å². The van der Waals surface area contributed by atoms with Gasteiger partial charge in [-0.15, -0.1) is 0 Å². The first-order valence-electron chi connectivity index (χ1n) is 9.77. The molecule has 7 atom stereocenters. The number of aliphatic hydroxyl groups is 1. The van der Waals surface area contributed by atoms with E-state index < -0.39 is 0 Å². The highest BCUT2D eigenvalue weighted by Crippen LogP contribution is 2.65. The normalized spacial score (nSPS) is 52.8. The van der Waals surface area contributed by atoms with E-state index in [0.29, 0.717) is 41.7 Å². The molecule has 0 bridgehead atoms. The molecular weight excluding hydrogens is 286 g/mol. The molecule has 1 amide bonds. The predicted molar refractivity (Wildman–Crippen MR) is 90.8 cm³/mol. The molecule has 0 aromatic heterocycles. The summed E-state index contributed by atoms with van der Waals surface area (Å²) in [6.45, 7) is 5.28. The van der Waals surface area contributed by atoms with Gasteiger partial charge in [-0.2, -0.15) is 0 Å². The second kappa shape index (κ2) is 5.21. The molecule has 4 rings (SSSR count). The van der Waals surface area contributed by atoms with Gasteiger partial charge < -0.3 is 10.0 Å². The maximum atomic E-state index is 12.2. The Bertz CT molecular complexity index is 506. The third-order valence-corrected chi connectivity index (χ3v) is 8.77. The van der Waals surface area contributed by atoms with Gasteiger partial charge in [0, 0.05) is 26.1 Å². The lowest BCUT2D eigenvalue weighted by Crippen LogP contribution is -2.63. The van der Waals surface area contributed by atoms with E-state index in [4.69, 9.17) is 0 Å². The highest BCUT2D eigenvalue weighted by atomic mass is 16.3. The number of aliphatic hydroxyl groups excluding tert-OH is 1. The Kier molecular flexibility index (Phi) is 3.61. The van der Waals surface area contributed by atoms with Crippen molar-refractivity contribution in [2.45, 2.75) is 71.3 Å². The quantitative estimate of drug-likeness (QED) is 0.804. The first-order chi connectivity index (χ1) is 10.9. The standard InChI is InChI=1S/C20H33NO2/c1-19-8-4-5-14(19)18-13(12-22)11-16-20(2,15(18)6-9-19)10-7-17(23)21(16)3/h13-16,18,22H,4-12H2,1-3H3/t13?,14-,15+,16?,18-,19-,20+/m0/s1. The van der Waals surface area contributed by atoms with E-state index in [-0.39, 0.29) is 5.41 Å². The minimum atomic E-state index is 0.267. The Morgan fingerprint density at radius 3 is 2.70 bits per heavy atom. The second-order valence-electron chi connectivity index (χ2n) is 9.58. The summed E-state index contributed by atoms with van der Waals surface area (Å²) in [7, 11) is 2.00. The number of nitrogens with zero attached hydrogens (tertiary/aromatic N) is 1. The van der Waals surface area contributed by atoms with E-state index in [1.807, 2.05) is 11.9 Å². The van der Waals surface area contributed by atoms with Gasteiger partial charge in [-0.25, -0.2) is 0 Å². The molecule has 1 heterocycles. The van der Waals surface area contributed by atoms with Crippen molar-refractivity contribution in [3.8, 4) is 0 Å². The number of hydrogen-bond acceptors (Lipinski definition) is 2. The fourth-order valence-corrected chi connectivity index (χ4v) is 7.45. The van der Waals surface area contributed by atoms with Crippen LogP contribution in [0.3, 0.4) is 0 Å². The molecule has 1 saturated heterocycles. The molecule has 1 aliphatic heterocycles. The van der Waals surface area contributed by atoms with Gasteiger partial charge in [-0.1, -0.05) is 20.3 Å². The summed E-state index contributed by atoms with van der Waals surface area (Å²) < 4.78 is 0. The highest BCUT2D eigenvalue weighted by molar-refractivity contribution is 5.77. The Hall–Kier alpha value is -0.570. The summed E-state index contributed by atoms with van der Waals surface area (Å²) in [4.78, 5) is 14.3. The van der Waals surface area contributed by atoms with Crippen LogP contribution in [0.1, 0.15) is 65.2 Å². The summed E-state index contributed by atoms with van der Waals surface area (Å²) in [5, 5.41) is 10.2. The molecule has 3 nitrogen and oxygen atoms in total. The predicted octanol–water partition coefficient (Wildman–Crippen LogP) is 3.46. The SMILES string of the molecule is CN1C(=O)CC[C@@]2(C)C1CC(CO)[C@@H]1[C@H]2CC[C@]2(C)CCC[C@@H]12. The van der Waals surface area contributed by atoms with E-state index >= 15 is 0 Å². The summed E-state index contributed by atoms with van der Waals surface area (Å²) in [5.74, 6) is 2.90. The van der Waals surface area contributed by atoms with Crippen LogP contribution in [-0.2, 0) is 4.79 Å². The minimum Gasteiger partial charge on any atom is -0.396 e. The molecule has 2 unspecified atom stereocenters. The van der Waals surface area contributed by atoms with Gasteiger partial charge >= 0.3 is 0 Å². The van der Waals surface area contributed by atoms with E-state index in [1.165, 1.54) is 32.1 Å². The lowest BCUT2D eigenvalue weighted by molar-refractivity contribution is -0.169. The van der Waals surface area contributed by atoms with Crippen molar-refractivity contribution in [2.24, 2.45) is 34.5 Å². The van der Waals surface area contributed by atoms with Gasteiger partial charge in [-0.3, -0.25) is 4.79 Å². The van der Waals surface area contributed by atoms with Crippen LogP contribution >= 0.6 is 0 Å². The third kappa shape index (κ3) is 2.08. The molecule has 4 aliphatic rings. The largest absolute Gasteiger partial charge is 0.396 e. The molecule has 4 fully saturated rings. The van der Waals surface area contributed by atoms with Crippen LogP contribution in [0, 0.1) is 34.5 Å². The van der Waals surface area contributed by atoms with Gasteiger partial charge in [0.1, 0.15) is 0 Å². The number of rotatable bonds is 1. The number of amides is 1. The van der Waals surface area contributed by atoms with E-state index in [1.54, 1.807) is 0 Å². The number of fused-ring (bicyclic) bond motifs is 5. The highest BCUT2D eigenvalue weighted by Gasteiger charge is 2.61. The van der Waals surface area contributed by atoms with E-state index in [0.717, 1.165) is 25.2 Å². The Labute approximate surface area is 140 Å². The number of carbonyl (C=O) groups is 1. The average molecular weight is 319 g/mol. The number of hydrogen-bond donors (Lipinski definition) is 1. The lowest BCUT2D eigenvalue weighted by atomic mass is 9.45. The van der Waals surface area contributed by atoms with Crippen LogP contribution in [0.15, 0.2) is 0 Å². The molecule has 1 N–H and O–H groups in total. The van der Waals surface area contributed by atoms with Gasteiger partial charge in [-0.05, 0) is 73.0 Å². The van der Waals surface area contributed by atoms with E-state index in [9.17, 15) is 9.90 Å². The third-order valence-electron chi connectivity index (χ3n) is 8.77. The Balaban J connectivity index is 1.72. The van der Waals surface area contributed by atoms with E-state index in [2.05, 4.69) is 13.8 Å². The van der Waals surface area contributed by atoms with Crippen LogP contribution in [-0.4, -0.2) is 35.6 Å². The number of piperidine rings is 1. The molecule has 3 aliphatic carbocycles. The van der Waals surface area contributed by atoms with Gasteiger partial charge in [0.2, 0.25) is 5.91 Å². The van der Waals surface area contributed by atoms with Gasteiger partial charge in [0.25, 0.3) is 0 Å². The van der Waals surface area contributed by atoms with Crippen molar-refractivity contribution in [3.63, 3.8) is 0 Å². The topological polar surface area (TPSA) is 40.5 Å². The molecule has 0 aromatic rings. The average Bonchev–Trinajstić information content (AvgIpc) is 2.93. The number of likely N-dealkylation sites (tertiary alicyclic amines) is 1. The van der Waals surface area contributed by atoms with Crippen LogP contribution < -0.4 is 0 Å². The maximum absolute atomic E-state index is 12.2. The summed E-state index contributed by atoms with van der Waals surface area (Å²) in [6, 6.07) is 0.341. The van der Waals surface area contributed by atoms with Crippen molar-refractivity contribution >= 4 is 5.91 Å². The molecule has 0 spiro atoms. The molecule has 0 aromatic carbocycles. The van der Waals surface area contributed by atoms with Crippen LogP contribution in [0.4, 0.5) is 0 Å². The molecule has 130 valence electrons. The Morgan fingerprint density at radius 1 is 1.17 bits per heavy atom. The second-order valence-corrected chi connectivity index (χ2v) is 9.58. The van der Waals surface area contributed by atoms with Crippen LogP contribution in [0.2, 0.25) is 0 Å². The van der Waals surface area contributed by atoms with Gasteiger partial charge in [0.05, 0.1) is 0 Å². The zero-order valence-electron chi connectivity index (χ0n) is 15.1. The maximum Gasteiger partial charge on any atom is 0.222 e. The van der Waals surface area contributed by atoms with Crippen LogP contribution in [0.5, 0.6) is 0 Å². The molecular formula is C20H33NO2. The molecule has 23 heavy (non-hydrogen) atoms.